The fraction of sp³-hybridized carbons (Fsp3) is 0.739. The van der Waals surface area contributed by atoms with E-state index in [1.807, 2.05) is 6.08 Å². The van der Waals surface area contributed by atoms with Crippen molar-refractivity contribution in [2.45, 2.75) is 103 Å². The molecule has 0 amide bonds. The zero-order chi connectivity index (χ0) is 17.9. The number of rotatable bonds is 16. The molecule has 0 aromatic carbocycles. The molecule has 0 radical (unpaired) electrons. The van der Waals surface area contributed by atoms with E-state index in [4.69, 9.17) is 11.5 Å². The molecule has 1 N–H and O–H groups in total. The second-order valence-corrected chi connectivity index (χ2v) is 7.24. The fourth-order valence-corrected chi connectivity index (χ4v) is 2.74. The Morgan fingerprint density at radius 3 is 1.71 bits per heavy atom. The highest BCUT2D eigenvalue weighted by atomic mass is 16.3. The van der Waals surface area contributed by atoms with Crippen LogP contribution in [0.5, 0.6) is 0 Å². The molecule has 24 heavy (non-hydrogen) atoms. The van der Waals surface area contributed by atoms with E-state index in [-0.39, 0.29) is 0 Å². The predicted octanol–water partition coefficient (Wildman–Crippen LogP) is 6.82. The van der Waals surface area contributed by atoms with Crippen molar-refractivity contribution in [3.05, 3.63) is 24.3 Å². The topological polar surface area (TPSA) is 20.2 Å². The first-order valence-electron chi connectivity index (χ1n) is 10.1. The maximum absolute atomic E-state index is 9.17. The SMILES string of the molecule is C#C[C@@H](O)/C=C/CCCCCCCCC/C=C\CCCCC(C)C. The Hall–Kier alpha value is -1.00. The predicted molar refractivity (Wildman–Crippen MR) is 108 cm³/mol. The fourth-order valence-electron chi connectivity index (χ4n) is 2.74. The molecular weight excluding hydrogens is 292 g/mol. The molecule has 0 rings (SSSR count). The molecule has 0 saturated heterocycles. The molecular formula is C23H40O. The largest absolute Gasteiger partial charge is 0.377 e. The van der Waals surface area contributed by atoms with Gasteiger partial charge in [0.05, 0.1) is 0 Å². The second kappa shape index (κ2) is 18.3. The third-order valence-electron chi connectivity index (χ3n) is 4.30. The van der Waals surface area contributed by atoms with Gasteiger partial charge in [0.25, 0.3) is 0 Å². The zero-order valence-corrected chi connectivity index (χ0v) is 16.2. The lowest BCUT2D eigenvalue weighted by Crippen LogP contribution is -1.95. The van der Waals surface area contributed by atoms with E-state index in [2.05, 4.69) is 31.9 Å². The smallest absolute Gasteiger partial charge is 0.133 e. The standard InChI is InChI=1S/C23H40O/c1-4-23(24)21-19-17-15-13-11-9-7-5-6-8-10-12-14-16-18-20-22(2)3/h1,10,12,19,21-24H,5-9,11,13-18,20H2,2-3H3/b12-10-,21-19+/t23-/m1/s1. The minimum Gasteiger partial charge on any atom is -0.377 e. The summed E-state index contributed by atoms with van der Waals surface area (Å²) in [6.07, 6.45) is 29.8. The maximum atomic E-state index is 9.17. The average molecular weight is 333 g/mol. The lowest BCUT2D eigenvalue weighted by Gasteiger charge is -2.02. The third-order valence-corrected chi connectivity index (χ3v) is 4.30. The van der Waals surface area contributed by atoms with Gasteiger partial charge < -0.3 is 5.11 Å². The molecule has 0 fully saturated rings. The first-order valence-corrected chi connectivity index (χ1v) is 10.1. The first kappa shape index (κ1) is 23.0. The van der Waals surface area contributed by atoms with Crippen molar-refractivity contribution in [1.29, 1.82) is 0 Å². The van der Waals surface area contributed by atoms with Gasteiger partial charge in [-0.05, 0) is 50.5 Å². The third kappa shape index (κ3) is 19.0. The van der Waals surface area contributed by atoms with Gasteiger partial charge in [-0.3, -0.25) is 0 Å². The molecule has 0 heterocycles. The molecule has 0 saturated carbocycles. The Balaban J connectivity index is 3.17. The van der Waals surface area contributed by atoms with E-state index < -0.39 is 6.10 Å². The highest BCUT2D eigenvalue weighted by molar-refractivity contribution is 5.05. The van der Waals surface area contributed by atoms with E-state index in [0.717, 1.165) is 12.3 Å². The molecule has 1 atom stereocenters. The van der Waals surface area contributed by atoms with Gasteiger partial charge in [-0.15, -0.1) is 6.42 Å². The maximum Gasteiger partial charge on any atom is 0.133 e. The Morgan fingerprint density at radius 1 is 0.750 bits per heavy atom. The number of hydrogen-bond donors (Lipinski definition) is 1. The highest BCUT2D eigenvalue weighted by Crippen LogP contribution is 2.11. The number of hydrogen-bond acceptors (Lipinski definition) is 1. The van der Waals surface area contributed by atoms with Crippen LogP contribution >= 0.6 is 0 Å². The van der Waals surface area contributed by atoms with Gasteiger partial charge in [-0.2, -0.15) is 0 Å². The van der Waals surface area contributed by atoms with Crippen LogP contribution in [0.2, 0.25) is 0 Å². The monoisotopic (exact) mass is 332 g/mol. The van der Waals surface area contributed by atoms with E-state index >= 15 is 0 Å². The Bertz CT molecular complexity index is 346. The quantitative estimate of drug-likeness (QED) is 0.187. The van der Waals surface area contributed by atoms with Gasteiger partial charge in [0, 0.05) is 0 Å². The minimum atomic E-state index is -0.709. The normalized spacial score (nSPS) is 13.1. The molecule has 0 unspecified atom stereocenters. The molecule has 0 spiro atoms. The molecule has 0 aliphatic heterocycles. The van der Waals surface area contributed by atoms with Crippen molar-refractivity contribution in [3.63, 3.8) is 0 Å². The number of aliphatic hydroxyl groups excluding tert-OH is 1. The second-order valence-electron chi connectivity index (χ2n) is 7.24. The van der Waals surface area contributed by atoms with Crippen molar-refractivity contribution in [3.8, 4) is 12.3 Å². The van der Waals surface area contributed by atoms with Gasteiger partial charge in [0.15, 0.2) is 0 Å². The summed E-state index contributed by atoms with van der Waals surface area (Å²) in [6.45, 7) is 4.61. The van der Waals surface area contributed by atoms with Gasteiger partial charge in [0.1, 0.15) is 6.10 Å². The Kier molecular flexibility index (Phi) is 17.6. The number of unbranched alkanes of at least 4 members (excludes halogenated alkanes) is 10. The van der Waals surface area contributed by atoms with Gasteiger partial charge in [-0.1, -0.05) is 82.9 Å². The summed E-state index contributed by atoms with van der Waals surface area (Å²) in [7, 11) is 0. The van der Waals surface area contributed by atoms with Crippen molar-refractivity contribution in [2.75, 3.05) is 0 Å². The van der Waals surface area contributed by atoms with Gasteiger partial charge >= 0.3 is 0 Å². The summed E-state index contributed by atoms with van der Waals surface area (Å²) in [5.74, 6) is 3.14. The summed E-state index contributed by atoms with van der Waals surface area (Å²) >= 11 is 0. The highest BCUT2D eigenvalue weighted by Gasteiger charge is 1.93. The Morgan fingerprint density at radius 2 is 1.21 bits per heavy atom. The van der Waals surface area contributed by atoms with Crippen LogP contribution in [0.25, 0.3) is 0 Å². The molecule has 0 aromatic heterocycles. The van der Waals surface area contributed by atoms with Crippen LogP contribution in [0.1, 0.15) is 97.3 Å². The van der Waals surface area contributed by atoms with Crippen LogP contribution < -0.4 is 0 Å². The van der Waals surface area contributed by atoms with Crippen molar-refractivity contribution >= 4 is 0 Å². The lowest BCUT2D eigenvalue weighted by atomic mass is 10.0. The van der Waals surface area contributed by atoms with Gasteiger partial charge in [-0.25, -0.2) is 0 Å². The van der Waals surface area contributed by atoms with E-state index in [0.29, 0.717) is 0 Å². The molecule has 0 aliphatic rings. The summed E-state index contributed by atoms with van der Waals surface area (Å²) in [6, 6.07) is 0. The van der Waals surface area contributed by atoms with E-state index in [9.17, 15) is 0 Å². The summed E-state index contributed by atoms with van der Waals surface area (Å²) in [5.41, 5.74) is 0. The summed E-state index contributed by atoms with van der Waals surface area (Å²) in [4.78, 5) is 0. The zero-order valence-electron chi connectivity index (χ0n) is 16.2. The van der Waals surface area contributed by atoms with Crippen LogP contribution in [0, 0.1) is 18.3 Å². The van der Waals surface area contributed by atoms with Crippen LogP contribution in [0.3, 0.4) is 0 Å². The van der Waals surface area contributed by atoms with Crippen LogP contribution in [-0.4, -0.2) is 11.2 Å². The molecule has 1 nitrogen and oxygen atoms in total. The average Bonchev–Trinajstić information content (AvgIpc) is 2.57. The molecule has 0 aromatic rings. The summed E-state index contributed by atoms with van der Waals surface area (Å²) in [5, 5.41) is 9.17. The number of aliphatic hydroxyl groups is 1. The number of terminal acetylenes is 1. The van der Waals surface area contributed by atoms with Crippen molar-refractivity contribution in [2.24, 2.45) is 5.92 Å². The van der Waals surface area contributed by atoms with E-state index in [1.54, 1.807) is 6.08 Å². The molecule has 0 bridgehead atoms. The van der Waals surface area contributed by atoms with Crippen molar-refractivity contribution < 1.29 is 5.11 Å². The lowest BCUT2D eigenvalue weighted by molar-refractivity contribution is 0.280. The van der Waals surface area contributed by atoms with E-state index in [1.165, 1.54) is 77.0 Å². The number of allylic oxidation sites excluding steroid dienone is 3. The van der Waals surface area contributed by atoms with Gasteiger partial charge in [0.2, 0.25) is 0 Å². The van der Waals surface area contributed by atoms with Crippen LogP contribution in [-0.2, 0) is 0 Å². The van der Waals surface area contributed by atoms with Crippen molar-refractivity contribution in [1.82, 2.24) is 0 Å². The summed E-state index contributed by atoms with van der Waals surface area (Å²) < 4.78 is 0. The molecule has 138 valence electrons. The molecule has 0 aliphatic carbocycles. The Labute approximate surface area is 151 Å². The van der Waals surface area contributed by atoms with Crippen LogP contribution in [0.4, 0.5) is 0 Å². The molecule has 1 heteroatoms. The minimum absolute atomic E-state index is 0.709. The van der Waals surface area contributed by atoms with Crippen LogP contribution in [0.15, 0.2) is 24.3 Å². The first-order chi connectivity index (χ1) is 11.7.